The lowest BCUT2D eigenvalue weighted by molar-refractivity contribution is 0.0834. The van der Waals surface area contributed by atoms with Crippen LogP contribution in [0.1, 0.15) is 48.3 Å². The van der Waals surface area contributed by atoms with E-state index in [-0.39, 0.29) is 23.9 Å². The maximum Gasteiger partial charge on any atom is 0.251 e. The van der Waals surface area contributed by atoms with Crippen LogP contribution in [0.3, 0.4) is 0 Å². The van der Waals surface area contributed by atoms with Crippen LogP contribution >= 0.6 is 11.6 Å². The van der Waals surface area contributed by atoms with Crippen molar-refractivity contribution in [3.63, 3.8) is 0 Å². The monoisotopic (exact) mass is 430 g/mol. The summed E-state index contributed by atoms with van der Waals surface area (Å²) in [5, 5.41) is 3.84. The van der Waals surface area contributed by atoms with E-state index in [9.17, 15) is 4.79 Å². The van der Waals surface area contributed by atoms with E-state index < -0.39 is 0 Å². The smallest absolute Gasteiger partial charge is 0.251 e. The molecule has 2 aromatic carbocycles. The number of nitrogens with one attached hydrogen (secondary N) is 1. The third-order valence-electron chi connectivity index (χ3n) is 5.87. The highest BCUT2D eigenvalue weighted by Gasteiger charge is 2.36. The Morgan fingerprint density at radius 3 is 2.50 bits per heavy atom. The first-order chi connectivity index (χ1) is 14.4. The van der Waals surface area contributed by atoms with E-state index in [0.717, 1.165) is 25.3 Å². The van der Waals surface area contributed by atoms with Crippen molar-refractivity contribution in [1.82, 2.24) is 10.2 Å². The summed E-state index contributed by atoms with van der Waals surface area (Å²) in [6, 6.07) is 11.2. The maximum absolute atomic E-state index is 13.1. The number of methoxy groups -OCH3 is 2. The van der Waals surface area contributed by atoms with E-state index >= 15 is 0 Å². The minimum atomic E-state index is -0.111. The summed E-state index contributed by atoms with van der Waals surface area (Å²) in [5.41, 5.74) is 3.00. The molecule has 1 amide bonds. The molecule has 2 aromatic rings. The largest absolute Gasteiger partial charge is 0.493 e. The number of rotatable bonds is 7. The molecule has 5 nitrogen and oxygen atoms in total. The second kappa shape index (κ2) is 9.71. The van der Waals surface area contributed by atoms with Crippen molar-refractivity contribution in [3.8, 4) is 11.5 Å². The summed E-state index contributed by atoms with van der Waals surface area (Å²) in [7, 11) is 3.31. The lowest BCUT2D eigenvalue weighted by atomic mass is 9.83. The van der Waals surface area contributed by atoms with Crippen LogP contribution in [0.25, 0.3) is 0 Å². The van der Waals surface area contributed by atoms with E-state index in [1.807, 2.05) is 0 Å². The number of ether oxygens (including phenoxy) is 2. The maximum atomic E-state index is 13.1. The highest BCUT2D eigenvalue weighted by atomic mass is 35.5. The fraction of sp³-hybridized carbons (Fsp3) is 0.458. The Kier molecular flexibility index (Phi) is 7.27. The quantitative estimate of drug-likeness (QED) is 0.689. The lowest BCUT2D eigenvalue weighted by Crippen LogP contribution is -2.51. The normalized spacial score (nSPS) is 17.4. The minimum Gasteiger partial charge on any atom is -0.493 e. The summed E-state index contributed by atoms with van der Waals surface area (Å²) in [6.45, 7) is 8.28. The van der Waals surface area contributed by atoms with Crippen molar-refractivity contribution in [1.29, 1.82) is 0 Å². The number of carbonyl (C=O) groups excluding carboxylic acids is 1. The highest BCUT2D eigenvalue weighted by molar-refractivity contribution is 6.30. The molecule has 2 atom stereocenters. The van der Waals surface area contributed by atoms with Gasteiger partial charge in [0, 0.05) is 17.1 Å². The summed E-state index contributed by atoms with van der Waals surface area (Å²) in [6.07, 6.45) is 0.938. The highest BCUT2D eigenvalue weighted by Crippen LogP contribution is 2.40. The molecule has 30 heavy (non-hydrogen) atoms. The van der Waals surface area contributed by atoms with Crippen molar-refractivity contribution < 1.29 is 14.3 Å². The molecule has 0 spiro atoms. The van der Waals surface area contributed by atoms with Crippen LogP contribution in [0.4, 0.5) is 0 Å². The zero-order valence-electron chi connectivity index (χ0n) is 18.4. The molecule has 0 fully saturated rings. The van der Waals surface area contributed by atoms with Crippen molar-refractivity contribution in [2.75, 3.05) is 27.3 Å². The number of halogens is 1. The Bertz CT molecular complexity index is 900. The molecule has 0 aliphatic carbocycles. The number of fused-ring (bicyclic) bond motifs is 1. The molecule has 6 heteroatoms. The summed E-state index contributed by atoms with van der Waals surface area (Å²) < 4.78 is 11.1. The predicted molar refractivity (Wildman–Crippen MR) is 121 cm³/mol. The Morgan fingerprint density at radius 1 is 1.20 bits per heavy atom. The second-order valence-corrected chi connectivity index (χ2v) is 8.42. The van der Waals surface area contributed by atoms with E-state index in [1.54, 1.807) is 38.5 Å². The van der Waals surface area contributed by atoms with Gasteiger partial charge in [-0.25, -0.2) is 0 Å². The Balaban J connectivity index is 2.01. The molecule has 0 saturated heterocycles. The number of carbonyl (C=O) groups is 1. The van der Waals surface area contributed by atoms with E-state index in [0.29, 0.717) is 16.3 Å². The van der Waals surface area contributed by atoms with Gasteiger partial charge in [0.1, 0.15) is 0 Å². The topological polar surface area (TPSA) is 50.8 Å². The fourth-order valence-corrected chi connectivity index (χ4v) is 4.47. The molecule has 3 rings (SSSR count). The molecule has 0 aromatic heterocycles. The third kappa shape index (κ3) is 4.57. The first kappa shape index (κ1) is 22.4. The van der Waals surface area contributed by atoms with E-state index in [2.05, 4.69) is 43.1 Å². The SMILES string of the molecule is CCN1CCc2cc(OC)c(OC)cc2C1C(NC(=O)c1cccc(Cl)c1)C(C)C. The molecule has 162 valence electrons. The minimum absolute atomic E-state index is 0.0432. The van der Waals surface area contributed by atoms with E-state index in [4.69, 9.17) is 21.1 Å². The van der Waals surface area contributed by atoms with Gasteiger partial charge < -0.3 is 14.8 Å². The zero-order chi connectivity index (χ0) is 21.8. The number of likely N-dealkylation sites (N-methyl/N-ethyl adjacent to an activating group) is 1. The van der Waals surface area contributed by atoms with Gasteiger partial charge in [-0.1, -0.05) is 38.4 Å². The number of nitrogens with zero attached hydrogens (tertiary/aromatic N) is 1. The van der Waals surface area contributed by atoms with Crippen LogP contribution in [0, 0.1) is 5.92 Å². The Morgan fingerprint density at radius 2 is 1.90 bits per heavy atom. The van der Waals surface area contributed by atoms with Gasteiger partial charge in [0.15, 0.2) is 11.5 Å². The summed E-state index contributed by atoms with van der Waals surface area (Å²) >= 11 is 6.10. The van der Waals surface area contributed by atoms with E-state index in [1.165, 1.54) is 11.1 Å². The first-order valence-corrected chi connectivity index (χ1v) is 10.8. The molecule has 1 aliphatic rings. The number of benzene rings is 2. The first-order valence-electron chi connectivity index (χ1n) is 10.4. The van der Waals surface area contributed by atoms with Crippen LogP contribution in [0.15, 0.2) is 36.4 Å². The van der Waals surface area contributed by atoms with Crippen LogP contribution < -0.4 is 14.8 Å². The van der Waals surface area contributed by atoms with Gasteiger partial charge in [0.2, 0.25) is 0 Å². The van der Waals surface area contributed by atoms with Gasteiger partial charge in [0.05, 0.1) is 26.3 Å². The van der Waals surface area contributed by atoms with Gasteiger partial charge in [-0.2, -0.15) is 0 Å². The summed E-state index contributed by atoms with van der Waals surface area (Å²) in [5.74, 6) is 1.57. The third-order valence-corrected chi connectivity index (χ3v) is 6.11. The molecule has 1 heterocycles. The number of hydrogen-bond acceptors (Lipinski definition) is 4. The molecular formula is C24H31ClN2O3. The summed E-state index contributed by atoms with van der Waals surface area (Å²) in [4.78, 5) is 15.5. The number of amides is 1. The van der Waals surface area contributed by atoms with Crippen LogP contribution in [-0.2, 0) is 6.42 Å². The van der Waals surface area contributed by atoms with Crippen molar-refractivity contribution in [2.24, 2.45) is 5.92 Å². The molecule has 1 aliphatic heterocycles. The number of hydrogen-bond donors (Lipinski definition) is 1. The van der Waals surface area contributed by atoms with Gasteiger partial charge in [-0.3, -0.25) is 9.69 Å². The standard InChI is InChI=1S/C24H31ClN2O3/c1-6-27-11-10-16-13-20(29-4)21(30-5)14-19(16)23(27)22(15(2)3)26-24(28)17-8-7-9-18(25)12-17/h7-9,12-15,22-23H,6,10-11H2,1-5H3,(H,26,28). The fourth-order valence-electron chi connectivity index (χ4n) is 4.28. The van der Waals surface area contributed by atoms with Gasteiger partial charge in [0.25, 0.3) is 5.91 Å². The van der Waals surface area contributed by atoms with Gasteiger partial charge >= 0.3 is 0 Å². The molecule has 2 unspecified atom stereocenters. The second-order valence-electron chi connectivity index (χ2n) is 7.98. The average Bonchev–Trinajstić information content (AvgIpc) is 2.75. The van der Waals surface area contributed by atoms with Crippen LogP contribution in [-0.4, -0.2) is 44.2 Å². The predicted octanol–water partition coefficient (Wildman–Crippen LogP) is 4.73. The van der Waals surface area contributed by atoms with Crippen molar-refractivity contribution >= 4 is 17.5 Å². The average molecular weight is 431 g/mol. The Labute approximate surface area is 184 Å². The molecule has 0 radical (unpaired) electrons. The van der Waals surface area contributed by atoms with Gasteiger partial charge in [-0.15, -0.1) is 0 Å². The Hall–Kier alpha value is -2.24. The zero-order valence-corrected chi connectivity index (χ0v) is 19.1. The van der Waals surface area contributed by atoms with Crippen molar-refractivity contribution in [2.45, 2.75) is 39.3 Å². The molecular weight excluding hydrogens is 400 g/mol. The van der Waals surface area contributed by atoms with Crippen molar-refractivity contribution in [3.05, 3.63) is 58.1 Å². The molecule has 1 N–H and O–H groups in total. The molecule has 0 bridgehead atoms. The lowest BCUT2D eigenvalue weighted by Gasteiger charge is -2.43. The van der Waals surface area contributed by atoms with Crippen LogP contribution in [0.2, 0.25) is 5.02 Å². The van der Waals surface area contributed by atoms with Gasteiger partial charge in [-0.05, 0) is 60.3 Å². The molecule has 0 saturated carbocycles. The van der Waals surface area contributed by atoms with Crippen LogP contribution in [0.5, 0.6) is 11.5 Å².